The highest BCUT2D eigenvalue weighted by atomic mass is 16.5. The lowest BCUT2D eigenvalue weighted by atomic mass is 9.98. The Hall–Kier alpha value is -1.94. The van der Waals surface area contributed by atoms with Crippen molar-refractivity contribution in [1.29, 1.82) is 0 Å². The molecule has 0 aliphatic carbocycles. The van der Waals surface area contributed by atoms with Crippen molar-refractivity contribution < 1.29 is 4.74 Å². The topological polar surface area (TPSA) is 47.0 Å². The standard InChI is InChI=1S/C16H21N3O/c1-11(2)12-5-7-13(8-6-12)16(17-3)14-9-15(20-4)19-10-18-14/h5-11,16-17H,1-4H3. The van der Waals surface area contributed by atoms with E-state index in [1.165, 1.54) is 17.5 Å². The highest BCUT2D eigenvalue weighted by Crippen LogP contribution is 2.24. The lowest BCUT2D eigenvalue weighted by Gasteiger charge is -2.17. The predicted molar refractivity (Wildman–Crippen MR) is 80.0 cm³/mol. The summed E-state index contributed by atoms with van der Waals surface area (Å²) in [6.45, 7) is 4.39. The molecule has 2 rings (SSSR count). The van der Waals surface area contributed by atoms with Gasteiger partial charge in [-0.05, 0) is 24.1 Å². The van der Waals surface area contributed by atoms with Crippen LogP contribution in [-0.2, 0) is 0 Å². The molecule has 0 amide bonds. The molecule has 0 bridgehead atoms. The first kappa shape index (κ1) is 14.5. The minimum absolute atomic E-state index is 0.0353. The van der Waals surface area contributed by atoms with Gasteiger partial charge in [-0.1, -0.05) is 38.1 Å². The van der Waals surface area contributed by atoms with E-state index in [1.807, 2.05) is 13.1 Å². The first-order valence-corrected chi connectivity index (χ1v) is 6.78. The molecule has 0 aliphatic heterocycles. The number of rotatable bonds is 5. The molecule has 20 heavy (non-hydrogen) atoms. The van der Waals surface area contributed by atoms with Gasteiger partial charge in [-0.15, -0.1) is 0 Å². The van der Waals surface area contributed by atoms with E-state index in [2.05, 4.69) is 53.4 Å². The Bertz CT molecular complexity index is 552. The molecule has 106 valence electrons. The Labute approximate surface area is 120 Å². The zero-order chi connectivity index (χ0) is 14.5. The number of ether oxygens (including phenoxy) is 1. The number of nitrogens with zero attached hydrogens (tertiary/aromatic N) is 2. The molecular weight excluding hydrogens is 250 g/mol. The van der Waals surface area contributed by atoms with Gasteiger partial charge in [0.1, 0.15) is 6.33 Å². The van der Waals surface area contributed by atoms with E-state index in [0.717, 1.165) is 5.69 Å². The second-order valence-corrected chi connectivity index (χ2v) is 5.03. The first-order valence-electron chi connectivity index (χ1n) is 6.78. The van der Waals surface area contributed by atoms with E-state index < -0.39 is 0 Å². The van der Waals surface area contributed by atoms with Gasteiger partial charge in [0.2, 0.25) is 5.88 Å². The van der Waals surface area contributed by atoms with Crippen LogP contribution in [0.3, 0.4) is 0 Å². The van der Waals surface area contributed by atoms with Crippen LogP contribution in [0.15, 0.2) is 36.7 Å². The third-order valence-corrected chi connectivity index (χ3v) is 3.39. The number of nitrogens with one attached hydrogen (secondary N) is 1. The van der Waals surface area contributed by atoms with Crippen LogP contribution < -0.4 is 10.1 Å². The van der Waals surface area contributed by atoms with Crippen molar-refractivity contribution in [1.82, 2.24) is 15.3 Å². The molecule has 0 radical (unpaired) electrons. The normalized spacial score (nSPS) is 12.4. The summed E-state index contributed by atoms with van der Waals surface area (Å²) in [5, 5.41) is 3.29. The molecule has 4 nitrogen and oxygen atoms in total. The summed E-state index contributed by atoms with van der Waals surface area (Å²) < 4.78 is 5.16. The minimum atomic E-state index is 0.0353. The summed E-state index contributed by atoms with van der Waals surface area (Å²) in [5.41, 5.74) is 3.41. The van der Waals surface area contributed by atoms with Gasteiger partial charge >= 0.3 is 0 Å². The van der Waals surface area contributed by atoms with E-state index in [-0.39, 0.29) is 6.04 Å². The lowest BCUT2D eigenvalue weighted by molar-refractivity contribution is 0.395. The minimum Gasteiger partial charge on any atom is -0.481 e. The van der Waals surface area contributed by atoms with E-state index >= 15 is 0 Å². The summed E-state index contributed by atoms with van der Waals surface area (Å²) in [5.74, 6) is 1.12. The second-order valence-electron chi connectivity index (χ2n) is 5.03. The number of methoxy groups -OCH3 is 1. The van der Waals surface area contributed by atoms with Crippen LogP contribution >= 0.6 is 0 Å². The van der Waals surface area contributed by atoms with Crippen LogP contribution in [0.2, 0.25) is 0 Å². The Morgan fingerprint density at radius 1 is 1.05 bits per heavy atom. The number of hydrogen-bond donors (Lipinski definition) is 1. The molecule has 1 heterocycles. The fraction of sp³-hybridized carbons (Fsp3) is 0.375. The number of benzene rings is 1. The van der Waals surface area contributed by atoms with Gasteiger partial charge in [-0.25, -0.2) is 9.97 Å². The van der Waals surface area contributed by atoms with Crippen molar-refractivity contribution in [3.8, 4) is 5.88 Å². The zero-order valence-electron chi connectivity index (χ0n) is 12.4. The van der Waals surface area contributed by atoms with Crippen molar-refractivity contribution in [2.45, 2.75) is 25.8 Å². The Balaban J connectivity index is 2.31. The van der Waals surface area contributed by atoms with Crippen LogP contribution in [0.4, 0.5) is 0 Å². The maximum absolute atomic E-state index is 5.16. The van der Waals surface area contributed by atoms with E-state index in [1.54, 1.807) is 7.11 Å². The molecule has 0 saturated heterocycles. The average molecular weight is 271 g/mol. The predicted octanol–water partition coefficient (Wildman–Crippen LogP) is 2.92. The Kier molecular flexibility index (Phi) is 4.69. The summed E-state index contributed by atoms with van der Waals surface area (Å²) >= 11 is 0. The molecule has 2 aromatic rings. The van der Waals surface area contributed by atoms with Crippen LogP contribution in [0.25, 0.3) is 0 Å². The van der Waals surface area contributed by atoms with Crippen molar-refractivity contribution >= 4 is 0 Å². The lowest BCUT2D eigenvalue weighted by Crippen LogP contribution is -2.19. The average Bonchev–Trinajstić information content (AvgIpc) is 2.49. The zero-order valence-corrected chi connectivity index (χ0v) is 12.4. The molecule has 4 heteroatoms. The van der Waals surface area contributed by atoms with Crippen LogP contribution in [0.1, 0.15) is 42.6 Å². The monoisotopic (exact) mass is 271 g/mol. The van der Waals surface area contributed by atoms with Crippen LogP contribution in [0, 0.1) is 0 Å². The third kappa shape index (κ3) is 3.14. The maximum atomic E-state index is 5.16. The number of hydrogen-bond acceptors (Lipinski definition) is 4. The van der Waals surface area contributed by atoms with Crippen LogP contribution in [-0.4, -0.2) is 24.1 Å². The van der Waals surface area contributed by atoms with Gasteiger partial charge in [0.15, 0.2) is 0 Å². The van der Waals surface area contributed by atoms with Crippen molar-refractivity contribution in [3.63, 3.8) is 0 Å². The van der Waals surface area contributed by atoms with Gasteiger partial charge in [-0.3, -0.25) is 0 Å². The van der Waals surface area contributed by atoms with E-state index in [0.29, 0.717) is 11.8 Å². The molecule has 1 aromatic carbocycles. The highest BCUT2D eigenvalue weighted by Gasteiger charge is 2.14. The molecule has 0 saturated carbocycles. The van der Waals surface area contributed by atoms with Crippen molar-refractivity contribution in [3.05, 3.63) is 53.5 Å². The van der Waals surface area contributed by atoms with Gasteiger partial charge in [0.25, 0.3) is 0 Å². The maximum Gasteiger partial charge on any atom is 0.216 e. The molecule has 0 fully saturated rings. The Morgan fingerprint density at radius 2 is 1.70 bits per heavy atom. The summed E-state index contributed by atoms with van der Waals surface area (Å²) in [7, 11) is 3.54. The first-order chi connectivity index (χ1) is 9.65. The molecule has 0 spiro atoms. The molecular formula is C16H21N3O. The second kappa shape index (κ2) is 6.48. The molecule has 1 N–H and O–H groups in total. The van der Waals surface area contributed by atoms with E-state index in [4.69, 9.17) is 4.74 Å². The SMILES string of the molecule is CNC(c1ccc(C(C)C)cc1)c1cc(OC)ncn1. The molecule has 0 aliphatic rings. The Morgan fingerprint density at radius 3 is 2.25 bits per heavy atom. The molecule has 1 unspecified atom stereocenters. The summed E-state index contributed by atoms with van der Waals surface area (Å²) in [4.78, 5) is 8.38. The van der Waals surface area contributed by atoms with Crippen LogP contribution in [0.5, 0.6) is 5.88 Å². The van der Waals surface area contributed by atoms with E-state index in [9.17, 15) is 0 Å². The highest BCUT2D eigenvalue weighted by molar-refractivity contribution is 5.32. The van der Waals surface area contributed by atoms with Gasteiger partial charge in [-0.2, -0.15) is 0 Å². The quantitative estimate of drug-likeness (QED) is 0.908. The van der Waals surface area contributed by atoms with Crippen molar-refractivity contribution in [2.24, 2.45) is 0 Å². The van der Waals surface area contributed by atoms with Gasteiger partial charge in [0, 0.05) is 6.07 Å². The van der Waals surface area contributed by atoms with Gasteiger partial charge < -0.3 is 10.1 Å². The summed E-state index contributed by atoms with van der Waals surface area (Å²) in [6, 6.07) is 10.5. The molecule has 1 atom stereocenters. The van der Waals surface area contributed by atoms with Gasteiger partial charge in [0.05, 0.1) is 18.8 Å². The largest absolute Gasteiger partial charge is 0.481 e. The smallest absolute Gasteiger partial charge is 0.216 e. The van der Waals surface area contributed by atoms with Crippen molar-refractivity contribution in [2.75, 3.05) is 14.2 Å². The number of aromatic nitrogens is 2. The summed E-state index contributed by atoms with van der Waals surface area (Å²) in [6.07, 6.45) is 1.53. The fourth-order valence-electron chi connectivity index (χ4n) is 2.18. The molecule has 1 aromatic heterocycles. The fourth-order valence-corrected chi connectivity index (χ4v) is 2.18. The third-order valence-electron chi connectivity index (χ3n) is 3.39.